The Hall–Kier alpha value is -1.60. The van der Waals surface area contributed by atoms with Gasteiger partial charge in [-0.1, -0.05) is 6.07 Å². The highest BCUT2D eigenvalue weighted by atomic mass is 32.2. The predicted molar refractivity (Wildman–Crippen MR) is 85.4 cm³/mol. The van der Waals surface area contributed by atoms with Crippen molar-refractivity contribution in [2.45, 2.75) is 31.4 Å². The summed E-state index contributed by atoms with van der Waals surface area (Å²) in [6.07, 6.45) is 2.65. The van der Waals surface area contributed by atoms with Gasteiger partial charge in [0, 0.05) is 18.2 Å². The fourth-order valence-electron chi connectivity index (χ4n) is 2.87. The minimum atomic E-state index is -3.00. The molecule has 0 saturated carbocycles. The lowest BCUT2D eigenvalue weighted by Crippen LogP contribution is -2.35. The molecule has 2 atom stereocenters. The molecule has 1 aromatic carbocycles. The zero-order valence-electron chi connectivity index (χ0n) is 12.9. The average molecular weight is 339 g/mol. The largest absolute Gasteiger partial charge is 0.491 e. The molecule has 6 nitrogen and oxygen atoms in total. The van der Waals surface area contributed by atoms with E-state index in [1.165, 1.54) is 0 Å². The smallest absolute Gasteiger partial charge is 0.251 e. The molecule has 1 aromatic rings. The first-order chi connectivity index (χ1) is 11.0. The molecule has 0 bridgehead atoms. The van der Waals surface area contributed by atoms with E-state index in [1.54, 1.807) is 24.3 Å². The van der Waals surface area contributed by atoms with Gasteiger partial charge in [-0.05, 0) is 37.5 Å². The number of amides is 1. The Morgan fingerprint density at radius 2 is 2.22 bits per heavy atom. The van der Waals surface area contributed by atoms with Crippen LogP contribution in [0.25, 0.3) is 0 Å². The minimum Gasteiger partial charge on any atom is -0.491 e. The van der Waals surface area contributed by atoms with Crippen LogP contribution in [0.3, 0.4) is 0 Å². The number of ether oxygens (including phenoxy) is 2. The highest BCUT2D eigenvalue weighted by Gasteiger charge is 2.29. The lowest BCUT2D eigenvalue weighted by atomic mass is 10.1. The number of rotatable bonds is 5. The van der Waals surface area contributed by atoms with E-state index < -0.39 is 9.84 Å². The number of hydrogen-bond acceptors (Lipinski definition) is 5. The van der Waals surface area contributed by atoms with E-state index in [0.717, 1.165) is 19.4 Å². The highest BCUT2D eigenvalue weighted by molar-refractivity contribution is 7.91. The molecule has 2 fully saturated rings. The molecular formula is C16H21NO5S. The van der Waals surface area contributed by atoms with Crippen molar-refractivity contribution in [1.29, 1.82) is 0 Å². The van der Waals surface area contributed by atoms with Gasteiger partial charge in [-0.25, -0.2) is 8.42 Å². The molecular weight excluding hydrogens is 318 g/mol. The summed E-state index contributed by atoms with van der Waals surface area (Å²) in [4.78, 5) is 12.2. The first-order valence-electron chi connectivity index (χ1n) is 7.88. The second-order valence-electron chi connectivity index (χ2n) is 6.05. The Labute approximate surface area is 136 Å². The van der Waals surface area contributed by atoms with Crippen LogP contribution in [0.4, 0.5) is 0 Å². The van der Waals surface area contributed by atoms with Crippen molar-refractivity contribution in [3.8, 4) is 5.75 Å². The number of hydrogen-bond donors (Lipinski definition) is 1. The van der Waals surface area contributed by atoms with Gasteiger partial charge in [0.25, 0.3) is 5.91 Å². The summed E-state index contributed by atoms with van der Waals surface area (Å²) < 4.78 is 34.1. The van der Waals surface area contributed by atoms with Crippen molar-refractivity contribution in [3.05, 3.63) is 29.8 Å². The van der Waals surface area contributed by atoms with Gasteiger partial charge in [-0.3, -0.25) is 4.79 Å². The van der Waals surface area contributed by atoms with Crippen LogP contribution in [-0.4, -0.2) is 51.2 Å². The van der Waals surface area contributed by atoms with Crippen LogP contribution in [0, 0.1) is 0 Å². The number of sulfone groups is 1. The summed E-state index contributed by atoms with van der Waals surface area (Å²) in [7, 11) is -3.00. The first-order valence-corrected chi connectivity index (χ1v) is 9.70. The van der Waals surface area contributed by atoms with Crippen molar-refractivity contribution in [1.82, 2.24) is 5.32 Å². The monoisotopic (exact) mass is 339 g/mol. The molecule has 0 aliphatic carbocycles. The quantitative estimate of drug-likeness (QED) is 0.871. The first kappa shape index (κ1) is 16.3. The lowest BCUT2D eigenvalue weighted by Gasteiger charge is -2.13. The normalized spacial score (nSPS) is 26.1. The Kier molecular flexibility index (Phi) is 4.87. The molecule has 0 unspecified atom stereocenters. The van der Waals surface area contributed by atoms with Crippen LogP contribution in [0.5, 0.6) is 5.75 Å². The summed E-state index contributed by atoms with van der Waals surface area (Å²) in [5.41, 5.74) is 0.471. The zero-order valence-corrected chi connectivity index (χ0v) is 13.7. The molecule has 0 spiro atoms. The minimum absolute atomic E-state index is 0.0218. The third kappa shape index (κ3) is 4.45. The van der Waals surface area contributed by atoms with Crippen LogP contribution in [0.2, 0.25) is 0 Å². The molecule has 126 valence electrons. The van der Waals surface area contributed by atoms with Crippen molar-refractivity contribution >= 4 is 15.7 Å². The van der Waals surface area contributed by atoms with Gasteiger partial charge >= 0.3 is 0 Å². The SMILES string of the molecule is O=C(N[C@H]1CCS(=O)(=O)C1)c1cccc(OC[C@@H]2CCCO2)c1. The predicted octanol–water partition coefficient (Wildman–Crippen LogP) is 1.16. The summed E-state index contributed by atoms with van der Waals surface area (Å²) in [5.74, 6) is 0.512. The van der Waals surface area contributed by atoms with Crippen molar-refractivity contribution < 1.29 is 22.7 Å². The van der Waals surface area contributed by atoms with Gasteiger partial charge in [0.1, 0.15) is 12.4 Å². The molecule has 0 aromatic heterocycles. The molecule has 0 radical (unpaired) electrons. The molecule has 7 heteroatoms. The summed E-state index contributed by atoms with van der Waals surface area (Å²) >= 11 is 0. The van der Waals surface area contributed by atoms with E-state index in [-0.39, 0.29) is 29.6 Å². The van der Waals surface area contributed by atoms with Crippen molar-refractivity contribution in [2.24, 2.45) is 0 Å². The van der Waals surface area contributed by atoms with E-state index >= 15 is 0 Å². The average Bonchev–Trinajstić information content (AvgIpc) is 3.15. The van der Waals surface area contributed by atoms with Gasteiger partial charge in [-0.2, -0.15) is 0 Å². The van der Waals surface area contributed by atoms with E-state index in [2.05, 4.69) is 5.32 Å². The number of carbonyl (C=O) groups is 1. The molecule has 2 saturated heterocycles. The molecule has 2 heterocycles. The van der Waals surface area contributed by atoms with Crippen molar-refractivity contribution in [3.63, 3.8) is 0 Å². The Morgan fingerprint density at radius 3 is 2.91 bits per heavy atom. The molecule has 1 amide bonds. The lowest BCUT2D eigenvalue weighted by molar-refractivity contribution is 0.0679. The molecule has 2 aliphatic heterocycles. The van der Waals surface area contributed by atoms with Crippen LogP contribution < -0.4 is 10.1 Å². The molecule has 2 aliphatic rings. The van der Waals surface area contributed by atoms with E-state index in [9.17, 15) is 13.2 Å². The van der Waals surface area contributed by atoms with Crippen LogP contribution in [0.15, 0.2) is 24.3 Å². The summed E-state index contributed by atoms with van der Waals surface area (Å²) in [5, 5.41) is 2.78. The number of carbonyl (C=O) groups excluding carboxylic acids is 1. The third-order valence-electron chi connectivity index (χ3n) is 4.12. The summed E-state index contributed by atoms with van der Waals surface area (Å²) in [6.45, 7) is 1.26. The standard InChI is InChI=1S/C16H21NO5S/c18-16(17-13-6-8-23(19,20)11-13)12-3-1-4-14(9-12)22-10-15-5-2-7-21-15/h1,3-4,9,13,15H,2,5-8,10-11H2,(H,17,18)/t13-,15-/m0/s1. The van der Waals surface area contributed by atoms with Gasteiger partial charge in [-0.15, -0.1) is 0 Å². The Balaban J connectivity index is 1.56. The molecule has 3 rings (SSSR count). The fourth-order valence-corrected chi connectivity index (χ4v) is 4.54. The van der Waals surface area contributed by atoms with Crippen molar-refractivity contribution in [2.75, 3.05) is 24.7 Å². The third-order valence-corrected chi connectivity index (χ3v) is 5.89. The van der Waals surface area contributed by atoms with Gasteiger partial charge in [0.05, 0.1) is 17.6 Å². The number of benzene rings is 1. The second-order valence-corrected chi connectivity index (χ2v) is 8.28. The molecule has 23 heavy (non-hydrogen) atoms. The van der Waals surface area contributed by atoms with Gasteiger partial charge in [0.2, 0.25) is 0 Å². The number of nitrogens with one attached hydrogen (secondary N) is 1. The van der Waals surface area contributed by atoms with Gasteiger partial charge < -0.3 is 14.8 Å². The Morgan fingerprint density at radius 1 is 1.35 bits per heavy atom. The van der Waals surface area contributed by atoms with Gasteiger partial charge in [0.15, 0.2) is 9.84 Å². The molecule has 1 N–H and O–H groups in total. The highest BCUT2D eigenvalue weighted by Crippen LogP contribution is 2.18. The maximum atomic E-state index is 12.2. The summed E-state index contributed by atoms with van der Waals surface area (Å²) in [6, 6.07) is 6.62. The van der Waals surface area contributed by atoms with E-state index in [4.69, 9.17) is 9.47 Å². The van der Waals surface area contributed by atoms with Crippen LogP contribution in [0.1, 0.15) is 29.6 Å². The van der Waals surface area contributed by atoms with E-state index in [1.807, 2.05) is 0 Å². The maximum Gasteiger partial charge on any atom is 0.251 e. The maximum absolute atomic E-state index is 12.2. The second kappa shape index (κ2) is 6.88. The fraction of sp³-hybridized carbons (Fsp3) is 0.562. The Bertz CT molecular complexity index is 667. The topological polar surface area (TPSA) is 81.7 Å². The van der Waals surface area contributed by atoms with Crippen LogP contribution in [-0.2, 0) is 14.6 Å². The zero-order chi connectivity index (χ0) is 16.3. The van der Waals surface area contributed by atoms with E-state index in [0.29, 0.717) is 24.3 Å². The van der Waals surface area contributed by atoms with Crippen LogP contribution >= 0.6 is 0 Å².